The molecule has 0 aromatic heterocycles. The molecule has 4 saturated heterocycles. The minimum absolute atomic E-state index is 0.260. The van der Waals surface area contributed by atoms with Crippen LogP contribution in [0.5, 0.6) is 0 Å². The lowest BCUT2D eigenvalue weighted by molar-refractivity contribution is -0.377. The van der Waals surface area contributed by atoms with Crippen LogP contribution >= 0.6 is 0 Å². The first kappa shape index (κ1) is 63.6. The van der Waals surface area contributed by atoms with Crippen LogP contribution in [0.1, 0.15) is 117 Å². The maximum Gasteiger partial charge on any atom is 0.187 e. The molecule has 0 saturated carbocycles. The largest absolute Gasteiger partial charge is 0.394 e. The maximum atomic E-state index is 11.5. The standard InChI is InChI=1S/C48H90O24/c1-3-5-7-9-11-13-15-17-19-63-25-31(69-45-41(61)37(57)43(29(23-51)67-45)71-47-39(59)35(55)33(53)27(21-49)65-47)32(26-64-20-18-16-14-12-10-8-6-4-2)70-46-42(62)38(58)44(30(24-52)68-46)72-48-40(60)36(56)34(54)28(22-50)66-48/h27-62H,3-26H2,1-2H3/t27?,28?,29?,30?,31-,32+,33-,34-,35+,36+,37-,38-,39?,40?,41?,42?,43-,44-,45+,46+,47-,48-/m1/s1. The average molecular weight is 1050 g/mol. The summed E-state index contributed by atoms with van der Waals surface area (Å²) in [5.41, 5.74) is 0. The third-order valence-electron chi connectivity index (χ3n) is 13.8. The van der Waals surface area contributed by atoms with E-state index in [1.165, 1.54) is 12.8 Å². The first-order valence-electron chi connectivity index (χ1n) is 26.3. The Kier molecular flexibility index (Phi) is 30.1. The van der Waals surface area contributed by atoms with Gasteiger partial charge in [0.25, 0.3) is 0 Å². The molecule has 4 heterocycles. The number of hydrogen-bond acceptors (Lipinski definition) is 24. The molecular formula is C48H90O24. The minimum Gasteiger partial charge on any atom is -0.394 e. The molecular weight excluding hydrogens is 961 g/mol. The van der Waals surface area contributed by atoms with Gasteiger partial charge in [-0.05, 0) is 12.8 Å². The lowest BCUT2D eigenvalue weighted by Crippen LogP contribution is -2.66. The third kappa shape index (κ3) is 18.6. The van der Waals surface area contributed by atoms with E-state index in [0.717, 1.165) is 77.0 Å². The van der Waals surface area contributed by atoms with E-state index in [4.69, 9.17) is 47.4 Å². The van der Waals surface area contributed by atoms with Gasteiger partial charge in [-0.3, -0.25) is 0 Å². The second-order valence-electron chi connectivity index (χ2n) is 19.5. The van der Waals surface area contributed by atoms with E-state index in [9.17, 15) is 71.5 Å². The van der Waals surface area contributed by atoms with Crippen molar-refractivity contribution in [3.05, 3.63) is 0 Å². The van der Waals surface area contributed by atoms with Gasteiger partial charge >= 0.3 is 0 Å². The van der Waals surface area contributed by atoms with Crippen LogP contribution in [0.15, 0.2) is 0 Å². The van der Waals surface area contributed by atoms with E-state index >= 15 is 0 Å². The second-order valence-corrected chi connectivity index (χ2v) is 19.5. The highest BCUT2D eigenvalue weighted by atomic mass is 16.8. The Morgan fingerprint density at radius 1 is 0.333 bits per heavy atom. The highest BCUT2D eigenvalue weighted by Gasteiger charge is 2.54. The molecule has 0 amide bonds. The van der Waals surface area contributed by atoms with Gasteiger partial charge in [-0.15, -0.1) is 0 Å². The summed E-state index contributed by atoms with van der Waals surface area (Å²) in [5.74, 6) is 0. The molecule has 4 rings (SSSR count). The van der Waals surface area contributed by atoms with E-state index < -0.39 is 161 Å². The van der Waals surface area contributed by atoms with Gasteiger partial charge in [0, 0.05) is 13.2 Å². The van der Waals surface area contributed by atoms with Crippen molar-refractivity contribution in [1.29, 1.82) is 0 Å². The van der Waals surface area contributed by atoms with Crippen molar-refractivity contribution >= 4 is 0 Å². The summed E-state index contributed by atoms with van der Waals surface area (Å²) in [5, 5.41) is 149. The van der Waals surface area contributed by atoms with Gasteiger partial charge in [-0.1, -0.05) is 104 Å². The summed E-state index contributed by atoms with van der Waals surface area (Å²) in [4.78, 5) is 0. The SMILES string of the molecule is CCCCCCCCCCOC[C@H](O[C@@H]1OC(CO)[C@@H](O[C@H]2OC(CO)[C@@H](O)[C@H](O)C2O)[C@H](O)C1O)[C@@H](COCCCCCCCCCC)O[C@@H]1OC(CO)[C@@H](O[C@H]2OC(CO)[C@@H](O)[C@H](O)C2O)[C@H](O)C1O. The first-order chi connectivity index (χ1) is 34.7. The van der Waals surface area contributed by atoms with Crippen LogP contribution in [0.3, 0.4) is 0 Å². The fourth-order valence-corrected chi connectivity index (χ4v) is 9.22. The summed E-state index contributed by atoms with van der Waals surface area (Å²) in [7, 11) is 0. The van der Waals surface area contributed by atoms with Crippen molar-refractivity contribution in [3.63, 3.8) is 0 Å². The first-order valence-corrected chi connectivity index (χ1v) is 26.3. The molecule has 22 atom stereocenters. The molecule has 4 aliphatic rings. The Balaban J connectivity index is 1.56. The van der Waals surface area contributed by atoms with Crippen LogP contribution in [0, 0.1) is 0 Å². The quantitative estimate of drug-likeness (QED) is 0.0288. The molecule has 24 heteroatoms. The molecule has 4 fully saturated rings. The zero-order chi connectivity index (χ0) is 52.7. The number of ether oxygens (including phenoxy) is 10. The van der Waals surface area contributed by atoms with Gasteiger partial charge in [0.15, 0.2) is 25.2 Å². The van der Waals surface area contributed by atoms with Crippen LogP contribution in [-0.4, -0.2) is 259 Å². The number of rotatable bonds is 35. The third-order valence-corrected chi connectivity index (χ3v) is 13.8. The van der Waals surface area contributed by atoms with Crippen LogP contribution < -0.4 is 0 Å². The molecule has 24 nitrogen and oxygen atoms in total. The molecule has 0 aromatic carbocycles. The molecule has 4 aliphatic heterocycles. The predicted octanol–water partition coefficient (Wildman–Crippen LogP) is -2.68. The van der Waals surface area contributed by atoms with Gasteiger partial charge in [0.2, 0.25) is 0 Å². The Morgan fingerprint density at radius 2 is 0.625 bits per heavy atom. The molecule has 426 valence electrons. The molecule has 0 spiro atoms. The van der Waals surface area contributed by atoms with Crippen LogP contribution in [-0.2, 0) is 47.4 Å². The fourth-order valence-electron chi connectivity index (χ4n) is 9.22. The Bertz CT molecular complexity index is 1290. The van der Waals surface area contributed by atoms with Crippen molar-refractivity contribution in [3.8, 4) is 0 Å². The van der Waals surface area contributed by atoms with Crippen LogP contribution in [0.25, 0.3) is 0 Å². The normalized spacial score (nSPS) is 38.5. The molecule has 8 unspecified atom stereocenters. The van der Waals surface area contributed by atoms with Crippen molar-refractivity contribution in [2.24, 2.45) is 0 Å². The van der Waals surface area contributed by atoms with E-state index in [1.54, 1.807) is 0 Å². The minimum atomic E-state index is -1.95. The maximum absolute atomic E-state index is 11.5. The summed E-state index contributed by atoms with van der Waals surface area (Å²) in [6.07, 6.45) is -20.8. The topological polar surface area (TPSA) is 376 Å². The summed E-state index contributed by atoms with van der Waals surface area (Å²) < 4.78 is 59.2. The number of unbranched alkanes of at least 4 members (excludes halogenated alkanes) is 14. The number of hydrogen-bond donors (Lipinski definition) is 14. The lowest BCUT2D eigenvalue weighted by Gasteiger charge is -2.47. The van der Waals surface area contributed by atoms with Gasteiger partial charge in [-0.25, -0.2) is 0 Å². The lowest BCUT2D eigenvalue weighted by atomic mass is 9.96. The zero-order valence-electron chi connectivity index (χ0n) is 42.0. The highest BCUT2D eigenvalue weighted by molar-refractivity contribution is 4.97. The molecule has 0 aliphatic carbocycles. The van der Waals surface area contributed by atoms with Crippen molar-refractivity contribution < 1.29 is 119 Å². The Hall–Kier alpha value is -0.960. The van der Waals surface area contributed by atoms with E-state index in [2.05, 4.69) is 13.8 Å². The van der Waals surface area contributed by atoms with E-state index in [-0.39, 0.29) is 26.4 Å². The van der Waals surface area contributed by atoms with Crippen LogP contribution in [0.4, 0.5) is 0 Å². The molecule has 72 heavy (non-hydrogen) atoms. The van der Waals surface area contributed by atoms with Crippen LogP contribution in [0.2, 0.25) is 0 Å². The smallest absolute Gasteiger partial charge is 0.187 e. The molecule has 0 radical (unpaired) electrons. The van der Waals surface area contributed by atoms with Gasteiger partial charge < -0.3 is 119 Å². The van der Waals surface area contributed by atoms with Crippen molar-refractivity contribution in [2.75, 3.05) is 52.9 Å². The fraction of sp³-hybridized carbons (Fsp3) is 1.00. The van der Waals surface area contributed by atoms with E-state index in [1.807, 2.05) is 0 Å². The van der Waals surface area contributed by atoms with Crippen molar-refractivity contribution in [2.45, 2.75) is 252 Å². The highest BCUT2D eigenvalue weighted by Crippen LogP contribution is 2.33. The Labute approximate surface area is 422 Å². The van der Waals surface area contributed by atoms with Gasteiger partial charge in [0.05, 0.1) is 39.6 Å². The van der Waals surface area contributed by atoms with Crippen molar-refractivity contribution in [1.82, 2.24) is 0 Å². The average Bonchev–Trinajstić information content (AvgIpc) is 3.38. The zero-order valence-corrected chi connectivity index (χ0v) is 42.0. The van der Waals surface area contributed by atoms with Gasteiger partial charge in [-0.2, -0.15) is 0 Å². The molecule has 0 bridgehead atoms. The number of aliphatic hydroxyl groups excluding tert-OH is 14. The molecule has 0 aromatic rings. The summed E-state index contributed by atoms with van der Waals surface area (Å²) in [6.45, 7) is 1.06. The second kappa shape index (κ2) is 34.0. The van der Waals surface area contributed by atoms with Gasteiger partial charge in [0.1, 0.15) is 110 Å². The molecule has 14 N–H and O–H groups in total. The summed E-state index contributed by atoms with van der Waals surface area (Å²) >= 11 is 0. The number of aliphatic hydroxyl groups is 14. The van der Waals surface area contributed by atoms with E-state index in [0.29, 0.717) is 12.8 Å². The monoisotopic (exact) mass is 1050 g/mol. The predicted molar refractivity (Wildman–Crippen MR) is 249 cm³/mol. The summed E-state index contributed by atoms with van der Waals surface area (Å²) in [6, 6.07) is 0. The Morgan fingerprint density at radius 3 is 0.944 bits per heavy atom.